The highest BCUT2D eigenvalue weighted by Crippen LogP contribution is 2.16. The monoisotopic (exact) mass is 408 g/mol. The SMILES string of the molecule is CCN(CCCNC(=O)CCS(=O)(=O)c1ccc(Cl)cc1)c1ccccc1. The van der Waals surface area contributed by atoms with E-state index in [1.807, 2.05) is 18.2 Å². The van der Waals surface area contributed by atoms with Crippen molar-refractivity contribution in [2.24, 2.45) is 0 Å². The maximum atomic E-state index is 12.2. The minimum absolute atomic E-state index is 0.0544. The van der Waals surface area contributed by atoms with Crippen LogP contribution in [0.5, 0.6) is 0 Å². The molecule has 27 heavy (non-hydrogen) atoms. The molecule has 0 bridgehead atoms. The third-order valence-electron chi connectivity index (χ3n) is 4.20. The molecule has 2 aromatic rings. The highest BCUT2D eigenvalue weighted by Gasteiger charge is 2.16. The highest BCUT2D eigenvalue weighted by atomic mass is 35.5. The Labute approximate surface area is 166 Å². The van der Waals surface area contributed by atoms with Crippen molar-refractivity contribution >= 4 is 33.0 Å². The van der Waals surface area contributed by atoms with Crippen LogP contribution in [0.3, 0.4) is 0 Å². The van der Waals surface area contributed by atoms with Gasteiger partial charge >= 0.3 is 0 Å². The van der Waals surface area contributed by atoms with Crippen molar-refractivity contribution in [3.8, 4) is 0 Å². The molecule has 146 valence electrons. The van der Waals surface area contributed by atoms with E-state index in [9.17, 15) is 13.2 Å². The molecule has 2 rings (SSSR count). The second kappa shape index (κ2) is 10.3. The summed E-state index contributed by atoms with van der Waals surface area (Å²) in [5.74, 6) is -0.471. The molecule has 0 fully saturated rings. The van der Waals surface area contributed by atoms with Gasteiger partial charge in [0.1, 0.15) is 0 Å². The molecule has 0 aliphatic rings. The predicted octanol–water partition coefficient (Wildman–Crippen LogP) is 3.54. The molecular weight excluding hydrogens is 384 g/mol. The number of amides is 1. The van der Waals surface area contributed by atoms with E-state index in [-0.39, 0.29) is 23.0 Å². The van der Waals surface area contributed by atoms with Gasteiger partial charge in [-0.1, -0.05) is 29.8 Å². The molecule has 0 spiro atoms. The molecule has 0 atom stereocenters. The van der Waals surface area contributed by atoms with Crippen molar-refractivity contribution in [3.05, 3.63) is 59.6 Å². The summed E-state index contributed by atoms with van der Waals surface area (Å²) < 4.78 is 24.5. The Kier molecular flexibility index (Phi) is 8.13. The molecule has 1 N–H and O–H groups in total. The molecule has 0 unspecified atom stereocenters. The topological polar surface area (TPSA) is 66.5 Å². The number of nitrogens with one attached hydrogen (secondary N) is 1. The van der Waals surface area contributed by atoms with Gasteiger partial charge in [-0.05, 0) is 49.7 Å². The fourth-order valence-corrected chi connectivity index (χ4v) is 4.05. The lowest BCUT2D eigenvalue weighted by molar-refractivity contribution is -0.120. The second-order valence-electron chi connectivity index (χ2n) is 6.14. The summed E-state index contributed by atoms with van der Waals surface area (Å²) in [4.78, 5) is 14.4. The smallest absolute Gasteiger partial charge is 0.221 e. The van der Waals surface area contributed by atoms with E-state index in [0.29, 0.717) is 11.6 Å². The van der Waals surface area contributed by atoms with Crippen LogP contribution in [0.2, 0.25) is 5.02 Å². The van der Waals surface area contributed by atoms with Gasteiger partial charge in [0.2, 0.25) is 5.91 Å². The molecule has 5 nitrogen and oxygen atoms in total. The number of anilines is 1. The van der Waals surface area contributed by atoms with E-state index < -0.39 is 9.84 Å². The van der Waals surface area contributed by atoms with E-state index in [1.165, 1.54) is 24.3 Å². The maximum absolute atomic E-state index is 12.2. The van der Waals surface area contributed by atoms with Crippen molar-refractivity contribution in [1.82, 2.24) is 5.32 Å². The molecule has 0 saturated carbocycles. The zero-order chi connectivity index (χ0) is 19.7. The van der Waals surface area contributed by atoms with Gasteiger partial charge in [0.25, 0.3) is 0 Å². The van der Waals surface area contributed by atoms with Crippen LogP contribution in [0.4, 0.5) is 5.69 Å². The number of carbonyl (C=O) groups excluding carboxylic acids is 1. The van der Waals surface area contributed by atoms with Crippen LogP contribution in [0, 0.1) is 0 Å². The van der Waals surface area contributed by atoms with Crippen molar-refractivity contribution < 1.29 is 13.2 Å². The van der Waals surface area contributed by atoms with E-state index >= 15 is 0 Å². The van der Waals surface area contributed by atoms with Gasteiger partial charge < -0.3 is 10.2 Å². The Morgan fingerprint density at radius 2 is 1.74 bits per heavy atom. The average Bonchev–Trinajstić information content (AvgIpc) is 2.67. The molecule has 0 heterocycles. The minimum atomic E-state index is -3.48. The number of halogens is 1. The van der Waals surface area contributed by atoms with Crippen LogP contribution in [0.1, 0.15) is 19.8 Å². The van der Waals surface area contributed by atoms with Crippen molar-refractivity contribution in [3.63, 3.8) is 0 Å². The largest absolute Gasteiger partial charge is 0.372 e. The average molecular weight is 409 g/mol. The summed E-state index contributed by atoms with van der Waals surface area (Å²) in [7, 11) is -3.48. The number of nitrogens with zero attached hydrogens (tertiary/aromatic N) is 1. The number of hydrogen-bond donors (Lipinski definition) is 1. The predicted molar refractivity (Wildman–Crippen MR) is 110 cm³/mol. The summed E-state index contributed by atoms with van der Waals surface area (Å²) >= 11 is 5.77. The van der Waals surface area contributed by atoms with Crippen LogP contribution in [0.25, 0.3) is 0 Å². The van der Waals surface area contributed by atoms with Gasteiger partial charge in [0, 0.05) is 36.8 Å². The first-order valence-electron chi connectivity index (χ1n) is 8.97. The third-order valence-corrected chi connectivity index (χ3v) is 6.18. The normalized spacial score (nSPS) is 11.2. The minimum Gasteiger partial charge on any atom is -0.372 e. The number of para-hydroxylation sites is 1. The van der Waals surface area contributed by atoms with Crippen LogP contribution in [-0.2, 0) is 14.6 Å². The number of hydrogen-bond acceptors (Lipinski definition) is 4. The van der Waals surface area contributed by atoms with Crippen LogP contribution in [-0.4, -0.2) is 39.7 Å². The van der Waals surface area contributed by atoms with Gasteiger partial charge in [0.05, 0.1) is 10.6 Å². The lowest BCUT2D eigenvalue weighted by Gasteiger charge is -2.23. The molecule has 0 saturated heterocycles. The Morgan fingerprint density at radius 1 is 1.07 bits per heavy atom. The fraction of sp³-hybridized carbons (Fsp3) is 0.350. The van der Waals surface area contributed by atoms with E-state index in [2.05, 4.69) is 29.3 Å². The van der Waals surface area contributed by atoms with Gasteiger partial charge in [-0.3, -0.25) is 4.79 Å². The molecule has 1 amide bonds. The van der Waals surface area contributed by atoms with Gasteiger partial charge in [0.15, 0.2) is 9.84 Å². The first-order chi connectivity index (χ1) is 12.9. The van der Waals surface area contributed by atoms with E-state index in [0.717, 1.165) is 25.2 Å². The van der Waals surface area contributed by atoms with Gasteiger partial charge in [-0.2, -0.15) is 0 Å². The lowest BCUT2D eigenvalue weighted by Crippen LogP contribution is -2.30. The number of sulfone groups is 1. The first kappa shape index (κ1) is 21.3. The van der Waals surface area contributed by atoms with Crippen molar-refractivity contribution in [2.75, 3.05) is 30.3 Å². The zero-order valence-corrected chi connectivity index (χ0v) is 17.0. The van der Waals surface area contributed by atoms with Crippen LogP contribution < -0.4 is 10.2 Å². The van der Waals surface area contributed by atoms with Crippen molar-refractivity contribution in [1.29, 1.82) is 0 Å². The summed E-state index contributed by atoms with van der Waals surface area (Å²) in [6, 6.07) is 16.1. The van der Waals surface area contributed by atoms with Gasteiger partial charge in [-0.25, -0.2) is 8.42 Å². The Bertz CT molecular complexity index is 824. The molecule has 0 aliphatic heterocycles. The third kappa shape index (κ3) is 6.88. The van der Waals surface area contributed by atoms with E-state index in [1.54, 1.807) is 0 Å². The highest BCUT2D eigenvalue weighted by molar-refractivity contribution is 7.91. The Hall–Kier alpha value is -2.05. The first-order valence-corrected chi connectivity index (χ1v) is 11.0. The number of carbonyl (C=O) groups is 1. The number of benzene rings is 2. The fourth-order valence-electron chi connectivity index (χ4n) is 2.68. The summed E-state index contributed by atoms with van der Waals surface area (Å²) in [6.07, 6.45) is 0.736. The Morgan fingerprint density at radius 3 is 2.37 bits per heavy atom. The molecule has 0 aliphatic carbocycles. The molecule has 0 aromatic heterocycles. The molecule has 0 radical (unpaired) electrons. The maximum Gasteiger partial charge on any atom is 0.221 e. The quantitative estimate of drug-likeness (QED) is 0.610. The summed E-state index contributed by atoms with van der Waals surface area (Å²) in [5.41, 5.74) is 1.15. The summed E-state index contributed by atoms with van der Waals surface area (Å²) in [5, 5.41) is 3.27. The molecule has 7 heteroatoms. The van der Waals surface area contributed by atoms with E-state index in [4.69, 9.17) is 11.6 Å². The van der Waals surface area contributed by atoms with Crippen LogP contribution in [0.15, 0.2) is 59.5 Å². The Balaban J connectivity index is 1.72. The second-order valence-corrected chi connectivity index (χ2v) is 8.69. The number of rotatable bonds is 10. The van der Waals surface area contributed by atoms with Crippen molar-refractivity contribution in [2.45, 2.75) is 24.7 Å². The standard InChI is InChI=1S/C20H25ClN2O3S/c1-2-23(18-7-4-3-5-8-18)15-6-14-22-20(24)13-16-27(25,26)19-11-9-17(21)10-12-19/h3-5,7-12H,2,6,13-16H2,1H3,(H,22,24). The zero-order valence-electron chi connectivity index (χ0n) is 15.4. The molecular formula is C20H25ClN2O3S. The van der Waals surface area contributed by atoms with Gasteiger partial charge in [-0.15, -0.1) is 0 Å². The summed E-state index contributed by atoms with van der Waals surface area (Å²) in [6.45, 7) is 4.32. The van der Waals surface area contributed by atoms with Crippen LogP contribution >= 0.6 is 11.6 Å². The molecule has 2 aromatic carbocycles. The lowest BCUT2D eigenvalue weighted by atomic mass is 10.2.